The average molecular weight is 221 g/mol. The first kappa shape index (κ1) is 10.1. The fraction of sp³-hybridized carbons (Fsp3) is 0. The molecule has 0 aliphatic rings. The highest BCUT2D eigenvalue weighted by Crippen LogP contribution is 2.16. The first-order valence-corrected chi connectivity index (χ1v) is 4.91. The van der Waals surface area contributed by atoms with Crippen LogP contribution in [0.3, 0.4) is 0 Å². The van der Waals surface area contributed by atoms with Gasteiger partial charge >= 0.3 is 10.3 Å². The van der Waals surface area contributed by atoms with Gasteiger partial charge in [0.25, 0.3) is 0 Å². The van der Waals surface area contributed by atoms with E-state index in [1.165, 1.54) is 24.3 Å². The van der Waals surface area contributed by atoms with Gasteiger partial charge in [0.1, 0.15) is 0 Å². The van der Waals surface area contributed by atoms with Crippen LogP contribution >= 0.6 is 11.6 Å². The Morgan fingerprint density at radius 3 is 2.23 bits per heavy atom. The summed E-state index contributed by atoms with van der Waals surface area (Å²) < 4.78 is 31.2. The molecule has 0 unspecified atom stereocenters. The molecular weight excluding hydrogens is 216 g/mol. The largest absolute Gasteiger partial charge is 0.396 e. The third kappa shape index (κ3) is 3.97. The van der Waals surface area contributed by atoms with E-state index >= 15 is 0 Å². The number of halogens is 1. The Bertz CT molecular complexity index is 412. The lowest BCUT2D eigenvalue weighted by Gasteiger charge is -1.90. The second kappa shape index (κ2) is 3.82. The highest BCUT2D eigenvalue weighted by molar-refractivity contribution is 7.84. The predicted octanol–water partition coefficient (Wildman–Crippen LogP) is 2.23. The molecule has 70 valence electrons. The van der Waals surface area contributed by atoms with Crippen molar-refractivity contribution < 1.29 is 13.0 Å². The molecule has 0 aromatic heterocycles. The zero-order chi connectivity index (χ0) is 9.90. The van der Waals surface area contributed by atoms with Gasteiger partial charge in [0.2, 0.25) is 0 Å². The maximum absolute atomic E-state index is 10.1. The minimum absolute atomic E-state index is 0.294. The molecule has 0 aliphatic carbocycles. The van der Waals surface area contributed by atoms with Gasteiger partial charge in [0.05, 0.1) is 5.69 Å². The van der Waals surface area contributed by atoms with Crippen LogP contribution < -0.4 is 0 Å². The summed E-state index contributed by atoms with van der Waals surface area (Å²) in [5, 5.41) is 3.75. The summed E-state index contributed by atoms with van der Waals surface area (Å²) in [5.74, 6) is 0. The lowest BCUT2D eigenvalue weighted by atomic mass is 10.3. The number of nitrogens with zero attached hydrogens (tertiary/aromatic N) is 2. The molecule has 1 aromatic carbocycles. The third-order valence-electron chi connectivity index (χ3n) is 1.09. The average Bonchev–Trinajstić information content (AvgIpc) is 2.02. The zero-order valence-electron chi connectivity index (χ0n) is 6.25. The van der Waals surface area contributed by atoms with Crippen LogP contribution in [0.5, 0.6) is 0 Å². The van der Waals surface area contributed by atoms with E-state index < -0.39 is 10.3 Å². The summed E-state index contributed by atoms with van der Waals surface area (Å²) in [6.07, 6.45) is 0. The SMILES string of the molecule is O=S(=O)(O)N=Nc1ccc(Cl)cc1. The van der Waals surface area contributed by atoms with Crippen LogP contribution in [0.25, 0.3) is 0 Å². The third-order valence-corrected chi connectivity index (χ3v) is 1.63. The van der Waals surface area contributed by atoms with E-state index in [1.807, 2.05) is 0 Å². The van der Waals surface area contributed by atoms with Gasteiger partial charge in [-0.1, -0.05) is 11.6 Å². The molecule has 13 heavy (non-hydrogen) atoms. The lowest BCUT2D eigenvalue weighted by molar-refractivity contribution is 0.482. The molecule has 0 saturated heterocycles. The van der Waals surface area contributed by atoms with Gasteiger partial charge in [-0.25, -0.2) is 0 Å². The second-order valence-electron chi connectivity index (χ2n) is 2.11. The van der Waals surface area contributed by atoms with E-state index in [4.69, 9.17) is 16.2 Å². The highest BCUT2D eigenvalue weighted by atomic mass is 35.5. The Balaban J connectivity index is 2.88. The van der Waals surface area contributed by atoms with Gasteiger partial charge < -0.3 is 0 Å². The fourth-order valence-electron chi connectivity index (χ4n) is 0.606. The molecule has 0 spiro atoms. The minimum atomic E-state index is -4.41. The topological polar surface area (TPSA) is 79.1 Å². The van der Waals surface area contributed by atoms with E-state index in [9.17, 15) is 8.42 Å². The van der Waals surface area contributed by atoms with Crippen molar-refractivity contribution in [2.45, 2.75) is 0 Å². The fourth-order valence-corrected chi connectivity index (χ4v) is 0.930. The van der Waals surface area contributed by atoms with Gasteiger partial charge in [-0.3, -0.25) is 4.55 Å². The summed E-state index contributed by atoms with van der Waals surface area (Å²) in [6, 6.07) is 5.99. The van der Waals surface area contributed by atoms with E-state index in [1.54, 1.807) is 0 Å². The number of hydrogen-bond acceptors (Lipinski definition) is 3. The molecular formula is C6H5ClN2O3S. The summed E-state index contributed by atoms with van der Waals surface area (Å²) in [6.45, 7) is 0. The monoisotopic (exact) mass is 220 g/mol. The first-order valence-electron chi connectivity index (χ1n) is 3.13. The Kier molecular flexibility index (Phi) is 2.97. The van der Waals surface area contributed by atoms with Crippen LogP contribution in [-0.4, -0.2) is 13.0 Å². The van der Waals surface area contributed by atoms with E-state index in [0.29, 0.717) is 10.7 Å². The minimum Gasteiger partial charge on any atom is -0.267 e. The second-order valence-corrected chi connectivity index (χ2v) is 3.60. The quantitative estimate of drug-likeness (QED) is 0.613. The Hall–Kier alpha value is -0.980. The first-order chi connectivity index (χ1) is 5.97. The van der Waals surface area contributed by atoms with Crippen LogP contribution in [-0.2, 0) is 10.3 Å². The number of benzene rings is 1. The van der Waals surface area contributed by atoms with Crippen molar-refractivity contribution in [2.24, 2.45) is 9.63 Å². The molecule has 0 aliphatic heterocycles. The number of hydrogen-bond donors (Lipinski definition) is 1. The molecule has 1 aromatic rings. The van der Waals surface area contributed by atoms with Crippen molar-refractivity contribution in [3.05, 3.63) is 29.3 Å². The molecule has 5 nitrogen and oxygen atoms in total. The maximum atomic E-state index is 10.1. The summed E-state index contributed by atoms with van der Waals surface area (Å²) in [5.41, 5.74) is 0.294. The zero-order valence-corrected chi connectivity index (χ0v) is 7.83. The molecule has 0 radical (unpaired) electrons. The van der Waals surface area contributed by atoms with Crippen molar-refractivity contribution in [1.82, 2.24) is 0 Å². The van der Waals surface area contributed by atoms with Gasteiger partial charge in [0.15, 0.2) is 0 Å². The van der Waals surface area contributed by atoms with Crippen LogP contribution in [0.2, 0.25) is 5.02 Å². The van der Waals surface area contributed by atoms with Crippen molar-refractivity contribution >= 4 is 27.6 Å². The highest BCUT2D eigenvalue weighted by Gasteiger charge is 1.98. The molecule has 1 N–H and O–H groups in total. The molecule has 1 rings (SSSR count). The molecule has 7 heteroatoms. The molecule has 0 saturated carbocycles. The van der Waals surface area contributed by atoms with E-state index in [-0.39, 0.29) is 0 Å². The number of rotatable bonds is 2. The van der Waals surface area contributed by atoms with Crippen molar-refractivity contribution in [3.63, 3.8) is 0 Å². The molecule has 0 amide bonds. The van der Waals surface area contributed by atoms with E-state index in [0.717, 1.165) is 0 Å². The summed E-state index contributed by atoms with van der Waals surface area (Å²) in [4.78, 5) is 0. The molecule has 0 heterocycles. The van der Waals surface area contributed by atoms with Gasteiger partial charge in [-0.15, -0.1) is 5.11 Å². The smallest absolute Gasteiger partial charge is 0.267 e. The standard InChI is InChI=1S/C6H5ClN2O3S/c7-5-1-3-6(4-2-5)8-9-13(10,11)12/h1-4H,(H,10,11,12). The molecule has 0 fully saturated rings. The molecule has 0 bridgehead atoms. The van der Waals surface area contributed by atoms with Crippen LogP contribution in [0, 0.1) is 0 Å². The molecule has 0 atom stereocenters. The van der Waals surface area contributed by atoms with Gasteiger partial charge in [-0.2, -0.15) is 8.42 Å². The summed E-state index contributed by atoms with van der Waals surface area (Å²) in [7, 11) is -4.41. The maximum Gasteiger partial charge on any atom is 0.396 e. The van der Waals surface area contributed by atoms with Crippen LogP contribution in [0.1, 0.15) is 0 Å². The van der Waals surface area contributed by atoms with Gasteiger partial charge in [-0.05, 0) is 28.8 Å². The van der Waals surface area contributed by atoms with Gasteiger partial charge in [0, 0.05) is 5.02 Å². The predicted molar refractivity (Wildman–Crippen MR) is 47.5 cm³/mol. The Morgan fingerprint density at radius 2 is 1.77 bits per heavy atom. The van der Waals surface area contributed by atoms with Crippen molar-refractivity contribution in [2.75, 3.05) is 0 Å². The summed E-state index contributed by atoms with van der Waals surface area (Å²) >= 11 is 5.56. The van der Waals surface area contributed by atoms with E-state index in [2.05, 4.69) is 9.63 Å². The van der Waals surface area contributed by atoms with Crippen LogP contribution in [0.4, 0.5) is 5.69 Å². The Morgan fingerprint density at radius 1 is 1.23 bits per heavy atom. The lowest BCUT2D eigenvalue weighted by Crippen LogP contribution is -1.87. The Labute approximate surface area is 79.9 Å². The van der Waals surface area contributed by atoms with Crippen molar-refractivity contribution in [3.8, 4) is 0 Å². The normalized spacial score (nSPS) is 12.2. The van der Waals surface area contributed by atoms with Crippen LogP contribution in [0.15, 0.2) is 33.9 Å². The van der Waals surface area contributed by atoms with Crippen molar-refractivity contribution in [1.29, 1.82) is 0 Å².